The Morgan fingerprint density at radius 3 is 2.53 bits per heavy atom. The van der Waals surface area contributed by atoms with Gasteiger partial charge in [0.15, 0.2) is 11.5 Å². The predicted molar refractivity (Wildman–Crippen MR) is 75.0 cm³/mol. The number of fused-ring (bicyclic) bond motifs is 2. The van der Waals surface area contributed by atoms with Gasteiger partial charge in [0.25, 0.3) is 0 Å². The number of hydrogen-bond donors (Lipinski definition) is 0. The molecule has 1 aliphatic rings. The van der Waals surface area contributed by atoms with Gasteiger partial charge in [-0.15, -0.1) is 0 Å². The van der Waals surface area contributed by atoms with E-state index >= 15 is 0 Å². The molecule has 2 nitrogen and oxygen atoms in total. The maximum atomic E-state index is 6.00. The van der Waals surface area contributed by atoms with E-state index in [0.717, 1.165) is 27.2 Å². The van der Waals surface area contributed by atoms with E-state index in [0.29, 0.717) is 0 Å². The molecule has 86 valence electrons. The Labute approximate surface area is 114 Å². The van der Waals surface area contributed by atoms with Crippen LogP contribution >= 0.6 is 22.6 Å². The van der Waals surface area contributed by atoms with Gasteiger partial charge >= 0.3 is 0 Å². The molecule has 0 amide bonds. The molecule has 0 N–H and O–H groups in total. The number of benzene rings is 2. The van der Waals surface area contributed by atoms with Gasteiger partial charge in [-0.05, 0) is 34.7 Å². The molecule has 0 bridgehead atoms. The minimum absolute atomic E-state index is 0.799. The molecule has 0 saturated carbocycles. The Kier molecular flexibility index (Phi) is 2.70. The molecular formula is C14H11IO2. The van der Waals surface area contributed by atoms with E-state index in [9.17, 15) is 0 Å². The molecule has 3 rings (SSSR count). The number of para-hydroxylation sites is 2. The van der Waals surface area contributed by atoms with Crippen molar-refractivity contribution in [2.75, 3.05) is 7.11 Å². The predicted octanol–water partition coefficient (Wildman–Crippen LogP) is 4.00. The first-order valence-electron chi connectivity index (χ1n) is 5.40. The highest BCUT2D eigenvalue weighted by atomic mass is 127. The highest BCUT2D eigenvalue weighted by Gasteiger charge is 2.21. The fourth-order valence-corrected chi connectivity index (χ4v) is 2.76. The Bertz CT molecular complexity index is 578. The second kappa shape index (κ2) is 4.22. The van der Waals surface area contributed by atoms with Gasteiger partial charge in [-0.1, -0.05) is 24.3 Å². The molecule has 0 saturated heterocycles. The third-order valence-corrected chi connectivity index (χ3v) is 3.76. The fourth-order valence-electron chi connectivity index (χ4n) is 2.09. The zero-order chi connectivity index (χ0) is 11.8. The quantitative estimate of drug-likeness (QED) is 0.625. The first-order valence-corrected chi connectivity index (χ1v) is 6.48. The zero-order valence-corrected chi connectivity index (χ0v) is 11.5. The van der Waals surface area contributed by atoms with E-state index in [1.54, 1.807) is 7.11 Å². The zero-order valence-electron chi connectivity index (χ0n) is 9.37. The lowest BCUT2D eigenvalue weighted by molar-refractivity contribution is 0.370. The van der Waals surface area contributed by atoms with Crippen molar-refractivity contribution >= 4 is 22.6 Å². The summed E-state index contributed by atoms with van der Waals surface area (Å²) < 4.78 is 12.5. The van der Waals surface area contributed by atoms with Crippen molar-refractivity contribution in [3.05, 3.63) is 51.1 Å². The smallest absolute Gasteiger partial charge is 0.172 e. The lowest BCUT2D eigenvalue weighted by Crippen LogP contribution is -2.05. The number of methoxy groups -OCH3 is 1. The van der Waals surface area contributed by atoms with E-state index in [1.165, 1.54) is 11.1 Å². The van der Waals surface area contributed by atoms with Gasteiger partial charge in [-0.3, -0.25) is 0 Å². The molecule has 2 aromatic rings. The summed E-state index contributed by atoms with van der Waals surface area (Å²) in [5.74, 6) is 2.62. The summed E-state index contributed by atoms with van der Waals surface area (Å²) in [6.45, 7) is 0. The SMILES string of the molecule is COc1cccc2c1Oc1c(I)cccc1C2. The minimum atomic E-state index is 0.799. The van der Waals surface area contributed by atoms with Gasteiger partial charge in [0.2, 0.25) is 0 Å². The first-order chi connectivity index (χ1) is 8.29. The average Bonchev–Trinajstić information content (AvgIpc) is 2.36. The van der Waals surface area contributed by atoms with Gasteiger partial charge in [-0.2, -0.15) is 0 Å². The minimum Gasteiger partial charge on any atom is -0.493 e. The highest BCUT2D eigenvalue weighted by molar-refractivity contribution is 14.1. The van der Waals surface area contributed by atoms with Crippen molar-refractivity contribution in [1.82, 2.24) is 0 Å². The fraction of sp³-hybridized carbons (Fsp3) is 0.143. The topological polar surface area (TPSA) is 18.5 Å². The van der Waals surface area contributed by atoms with Crippen molar-refractivity contribution in [1.29, 1.82) is 0 Å². The van der Waals surface area contributed by atoms with E-state index in [-0.39, 0.29) is 0 Å². The van der Waals surface area contributed by atoms with Crippen LogP contribution in [0.1, 0.15) is 11.1 Å². The van der Waals surface area contributed by atoms with Gasteiger partial charge < -0.3 is 9.47 Å². The third-order valence-electron chi connectivity index (χ3n) is 2.91. The maximum absolute atomic E-state index is 6.00. The van der Waals surface area contributed by atoms with Crippen LogP contribution in [0.5, 0.6) is 17.2 Å². The molecule has 3 heteroatoms. The first kappa shape index (κ1) is 10.9. The van der Waals surface area contributed by atoms with E-state index in [4.69, 9.17) is 9.47 Å². The molecule has 0 radical (unpaired) electrons. The monoisotopic (exact) mass is 338 g/mol. The van der Waals surface area contributed by atoms with Crippen molar-refractivity contribution in [2.45, 2.75) is 6.42 Å². The summed E-state index contributed by atoms with van der Waals surface area (Å²) >= 11 is 2.30. The van der Waals surface area contributed by atoms with Crippen LogP contribution in [0, 0.1) is 3.57 Å². The van der Waals surface area contributed by atoms with Crippen LogP contribution in [-0.2, 0) is 6.42 Å². The Morgan fingerprint density at radius 1 is 1.06 bits per heavy atom. The average molecular weight is 338 g/mol. The highest BCUT2D eigenvalue weighted by Crippen LogP contribution is 2.43. The molecule has 1 heterocycles. The molecule has 0 spiro atoms. The van der Waals surface area contributed by atoms with Gasteiger partial charge in [0.1, 0.15) is 5.75 Å². The lowest BCUT2D eigenvalue weighted by Gasteiger charge is -2.22. The number of rotatable bonds is 1. The molecule has 0 aromatic heterocycles. The van der Waals surface area contributed by atoms with Crippen LogP contribution < -0.4 is 9.47 Å². The van der Waals surface area contributed by atoms with E-state index in [1.807, 2.05) is 12.1 Å². The van der Waals surface area contributed by atoms with Crippen molar-refractivity contribution < 1.29 is 9.47 Å². The number of halogens is 1. The summed E-state index contributed by atoms with van der Waals surface area (Å²) in [6.07, 6.45) is 0.901. The van der Waals surface area contributed by atoms with Crippen LogP contribution in [0.3, 0.4) is 0 Å². The Morgan fingerprint density at radius 2 is 1.76 bits per heavy atom. The Balaban J connectivity index is 2.14. The molecule has 0 aliphatic carbocycles. The van der Waals surface area contributed by atoms with Gasteiger partial charge in [0, 0.05) is 17.5 Å². The molecular weight excluding hydrogens is 327 g/mol. The molecule has 0 unspecified atom stereocenters. The van der Waals surface area contributed by atoms with Gasteiger partial charge in [-0.25, -0.2) is 0 Å². The van der Waals surface area contributed by atoms with Crippen LogP contribution in [0.15, 0.2) is 36.4 Å². The van der Waals surface area contributed by atoms with E-state index in [2.05, 4.69) is 46.9 Å². The number of hydrogen-bond acceptors (Lipinski definition) is 2. The van der Waals surface area contributed by atoms with Crippen LogP contribution in [0.2, 0.25) is 0 Å². The maximum Gasteiger partial charge on any atom is 0.172 e. The van der Waals surface area contributed by atoms with Crippen LogP contribution in [-0.4, -0.2) is 7.11 Å². The Hall–Kier alpha value is -1.23. The van der Waals surface area contributed by atoms with Gasteiger partial charge in [0.05, 0.1) is 10.7 Å². The largest absolute Gasteiger partial charge is 0.493 e. The van der Waals surface area contributed by atoms with Crippen LogP contribution in [0.25, 0.3) is 0 Å². The third kappa shape index (κ3) is 1.78. The molecule has 0 atom stereocenters. The molecule has 17 heavy (non-hydrogen) atoms. The second-order valence-electron chi connectivity index (χ2n) is 3.96. The second-order valence-corrected chi connectivity index (χ2v) is 5.12. The van der Waals surface area contributed by atoms with Crippen molar-refractivity contribution in [3.8, 4) is 17.2 Å². The standard InChI is InChI=1S/C14H11IO2/c1-16-12-7-3-5-10-8-9-4-2-6-11(15)13(9)17-14(10)12/h2-7H,8H2,1H3. The summed E-state index contributed by atoms with van der Waals surface area (Å²) in [4.78, 5) is 0. The molecule has 1 aliphatic heterocycles. The normalized spacial score (nSPS) is 12.4. The summed E-state index contributed by atoms with van der Waals surface area (Å²) in [7, 11) is 1.67. The van der Waals surface area contributed by atoms with Crippen molar-refractivity contribution in [3.63, 3.8) is 0 Å². The number of ether oxygens (including phenoxy) is 2. The van der Waals surface area contributed by atoms with Crippen LogP contribution in [0.4, 0.5) is 0 Å². The van der Waals surface area contributed by atoms with Crippen molar-refractivity contribution in [2.24, 2.45) is 0 Å². The summed E-state index contributed by atoms with van der Waals surface area (Å²) in [5, 5.41) is 0. The molecule has 0 fully saturated rings. The summed E-state index contributed by atoms with van der Waals surface area (Å²) in [5.41, 5.74) is 2.41. The molecule has 2 aromatic carbocycles. The van der Waals surface area contributed by atoms with E-state index < -0.39 is 0 Å². The summed E-state index contributed by atoms with van der Waals surface area (Å²) in [6, 6.07) is 12.2. The lowest BCUT2D eigenvalue weighted by atomic mass is 10.0.